The standard InChI is InChI=1S/C27H35F2N3O4S2/c1-27(2,3)36-23(33)13-21-24(25(34)30-14-15-5-6-15)19-10-16(7-8-20(19)38-21)9-18(37)11-17-12-22(31-32(17)4)35-26(28)29/h12,15-16,26H,5-11,13-14H2,1-4H3,(H,30,34)/t16-/m1/s1. The Hall–Kier alpha value is -2.40. The van der Waals surface area contributed by atoms with Crippen LogP contribution in [0.1, 0.15) is 77.8 Å². The lowest BCUT2D eigenvalue weighted by atomic mass is 9.82. The number of thiocarbonyl (C=S) groups is 1. The molecule has 2 aromatic rings. The summed E-state index contributed by atoms with van der Waals surface area (Å²) < 4.78 is 36.5. The van der Waals surface area contributed by atoms with Gasteiger partial charge in [0, 0.05) is 41.5 Å². The van der Waals surface area contributed by atoms with Crippen LogP contribution in [0.4, 0.5) is 8.78 Å². The Labute approximate surface area is 231 Å². The molecule has 0 saturated heterocycles. The van der Waals surface area contributed by atoms with Crippen molar-refractivity contribution in [2.45, 2.75) is 84.4 Å². The molecule has 4 rings (SSSR count). The van der Waals surface area contributed by atoms with Crippen LogP contribution in [0.25, 0.3) is 0 Å². The first kappa shape index (κ1) is 28.6. The molecule has 2 aromatic heterocycles. The second kappa shape index (κ2) is 11.8. The molecule has 2 heterocycles. The number of aryl methyl sites for hydroxylation is 2. The highest BCUT2D eigenvalue weighted by Gasteiger charge is 2.32. The van der Waals surface area contributed by atoms with Crippen molar-refractivity contribution < 1.29 is 27.8 Å². The predicted molar refractivity (Wildman–Crippen MR) is 145 cm³/mol. The highest BCUT2D eigenvalue weighted by atomic mass is 32.1. The van der Waals surface area contributed by atoms with Gasteiger partial charge in [-0.1, -0.05) is 12.2 Å². The zero-order valence-corrected chi connectivity index (χ0v) is 23.9. The fourth-order valence-corrected chi connectivity index (χ4v) is 6.54. The number of carbonyl (C=O) groups is 2. The van der Waals surface area contributed by atoms with Gasteiger partial charge in [0.05, 0.1) is 12.0 Å². The largest absolute Gasteiger partial charge is 0.460 e. The number of amides is 1. The van der Waals surface area contributed by atoms with Crippen LogP contribution in [0, 0.1) is 11.8 Å². The third kappa shape index (κ3) is 7.81. The van der Waals surface area contributed by atoms with E-state index in [2.05, 4.69) is 15.2 Å². The lowest BCUT2D eigenvalue weighted by Crippen LogP contribution is -2.29. The van der Waals surface area contributed by atoms with Crippen LogP contribution in [0.5, 0.6) is 5.88 Å². The highest BCUT2D eigenvalue weighted by Crippen LogP contribution is 2.39. The summed E-state index contributed by atoms with van der Waals surface area (Å²) in [5.41, 5.74) is 1.77. The number of ether oxygens (including phenoxy) is 2. The molecule has 0 unspecified atom stereocenters. The summed E-state index contributed by atoms with van der Waals surface area (Å²) in [6.45, 7) is 3.23. The van der Waals surface area contributed by atoms with Crippen molar-refractivity contribution >= 4 is 40.3 Å². The lowest BCUT2D eigenvalue weighted by Gasteiger charge is -2.23. The van der Waals surface area contributed by atoms with E-state index < -0.39 is 12.2 Å². The zero-order valence-electron chi connectivity index (χ0n) is 22.3. The summed E-state index contributed by atoms with van der Waals surface area (Å²) in [4.78, 5) is 28.7. The smallest absolute Gasteiger partial charge is 0.388 e. The van der Waals surface area contributed by atoms with Gasteiger partial charge in [-0.15, -0.1) is 16.4 Å². The minimum atomic E-state index is -2.93. The molecule has 1 amide bonds. The second-order valence-electron chi connectivity index (χ2n) is 11.2. The number of nitrogens with zero attached hydrogens (tertiary/aromatic N) is 2. The SMILES string of the molecule is Cn1nc(OC(F)F)cc1CC(=S)C[C@H]1CCc2sc(CC(=O)OC(C)(C)C)c(C(=O)NCC3CC3)c2C1. The first-order chi connectivity index (χ1) is 17.9. The van der Waals surface area contributed by atoms with Gasteiger partial charge in [-0.3, -0.25) is 14.3 Å². The summed E-state index contributed by atoms with van der Waals surface area (Å²) in [5, 5.41) is 7.05. The van der Waals surface area contributed by atoms with Crippen molar-refractivity contribution in [3.05, 3.63) is 32.6 Å². The zero-order chi connectivity index (χ0) is 27.6. The molecule has 1 saturated carbocycles. The number of aromatic nitrogens is 2. The van der Waals surface area contributed by atoms with E-state index in [1.165, 1.54) is 10.7 Å². The van der Waals surface area contributed by atoms with E-state index in [4.69, 9.17) is 17.0 Å². The van der Waals surface area contributed by atoms with Gasteiger partial charge in [0.2, 0.25) is 5.88 Å². The fourth-order valence-electron chi connectivity index (χ4n) is 4.82. The first-order valence-electron chi connectivity index (χ1n) is 13.0. The van der Waals surface area contributed by atoms with Gasteiger partial charge < -0.3 is 14.8 Å². The second-order valence-corrected chi connectivity index (χ2v) is 13.0. The number of hydrogen-bond acceptors (Lipinski definition) is 7. The van der Waals surface area contributed by atoms with Crippen LogP contribution in [-0.2, 0) is 42.3 Å². The van der Waals surface area contributed by atoms with Crippen molar-refractivity contribution in [2.75, 3.05) is 6.54 Å². The Morgan fingerprint density at radius 3 is 2.63 bits per heavy atom. The Bertz CT molecular complexity index is 1200. The summed E-state index contributed by atoms with van der Waals surface area (Å²) in [7, 11) is 1.67. The van der Waals surface area contributed by atoms with Gasteiger partial charge in [-0.2, -0.15) is 8.78 Å². The van der Waals surface area contributed by atoms with Crippen LogP contribution < -0.4 is 10.1 Å². The minimum absolute atomic E-state index is 0.0771. The van der Waals surface area contributed by atoms with Gasteiger partial charge in [0.25, 0.3) is 5.91 Å². The number of halogens is 2. The molecule has 0 radical (unpaired) electrons. The van der Waals surface area contributed by atoms with Gasteiger partial charge in [-0.05, 0) is 81.6 Å². The van der Waals surface area contributed by atoms with Crippen LogP contribution in [0.3, 0.4) is 0 Å². The van der Waals surface area contributed by atoms with Crippen molar-refractivity contribution in [2.24, 2.45) is 18.9 Å². The number of esters is 1. The average molecular weight is 568 g/mol. The number of hydrogen-bond donors (Lipinski definition) is 1. The van der Waals surface area contributed by atoms with Crippen LogP contribution in [0.2, 0.25) is 0 Å². The number of rotatable bonds is 11. The minimum Gasteiger partial charge on any atom is -0.460 e. The molecular weight excluding hydrogens is 532 g/mol. The van der Waals surface area contributed by atoms with Crippen LogP contribution >= 0.6 is 23.6 Å². The van der Waals surface area contributed by atoms with E-state index in [0.29, 0.717) is 43.0 Å². The molecular formula is C27H35F2N3O4S2. The third-order valence-corrected chi connectivity index (χ3v) is 8.30. The molecule has 208 valence electrons. The molecule has 0 aliphatic heterocycles. The van der Waals surface area contributed by atoms with Gasteiger partial charge in [-0.25, -0.2) is 0 Å². The Morgan fingerprint density at radius 1 is 1.24 bits per heavy atom. The maximum Gasteiger partial charge on any atom is 0.388 e. The summed E-state index contributed by atoms with van der Waals surface area (Å²) in [5.74, 6) is 0.222. The third-order valence-electron chi connectivity index (χ3n) is 6.70. The molecule has 1 fully saturated rings. The Kier molecular flexibility index (Phi) is 8.86. The number of carbonyl (C=O) groups excluding carboxylic acids is 2. The van der Waals surface area contributed by atoms with E-state index in [1.807, 2.05) is 20.8 Å². The molecule has 7 nitrogen and oxygen atoms in total. The first-order valence-corrected chi connectivity index (χ1v) is 14.2. The average Bonchev–Trinajstić information content (AvgIpc) is 3.47. The molecule has 2 aliphatic rings. The molecule has 1 N–H and O–H groups in total. The maximum absolute atomic E-state index is 13.3. The van der Waals surface area contributed by atoms with Crippen molar-refractivity contribution in [1.82, 2.24) is 15.1 Å². The molecule has 38 heavy (non-hydrogen) atoms. The predicted octanol–water partition coefficient (Wildman–Crippen LogP) is 5.21. The highest BCUT2D eigenvalue weighted by molar-refractivity contribution is 7.80. The lowest BCUT2D eigenvalue weighted by molar-refractivity contribution is -0.153. The van der Waals surface area contributed by atoms with Gasteiger partial charge in [0.1, 0.15) is 5.60 Å². The molecule has 0 aromatic carbocycles. The number of fused-ring (bicyclic) bond motifs is 1. The Morgan fingerprint density at radius 2 is 1.97 bits per heavy atom. The van der Waals surface area contributed by atoms with Crippen LogP contribution in [0.15, 0.2) is 6.07 Å². The van der Waals surface area contributed by atoms with Gasteiger partial charge in [0.15, 0.2) is 0 Å². The molecule has 0 bridgehead atoms. The normalized spacial score (nSPS) is 17.3. The van der Waals surface area contributed by atoms with E-state index in [9.17, 15) is 18.4 Å². The van der Waals surface area contributed by atoms with E-state index in [1.54, 1.807) is 18.4 Å². The Balaban J connectivity index is 1.46. The summed E-state index contributed by atoms with van der Waals surface area (Å²) in [6.07, 6.45) is 5.90. The fraction of sp³-hybridized carbons (Fsp3) is 0.630. The topological polar surface area (TPSA) is 82.5 Å². The summed E-state index contributed by atoms with van der Waals surface area (Å²) >= 11 is 7.22. The van der Waals surface area contributed by atoms with Crippen molar-refractivity contribution in [3.8, 4) is 5.88 Å². The van der Waals surface area contributed by atoms with Gasteiger partial charge >= 0.3 is 12.6 Å². The summed E-state index contributed by atoms with van der Waals surface area (Å²) in [6, 6.07) is 1.49. The monoisotopic (exact) mass is 567 g/mol. The van der Waals surface area contributed by atoms with Crippen molar-refractivity contribution in [3.63, 3.8) is 0 Å². The van der Waals surface area contributed by atoms with E-state index >= 15 is 0 Å². The van der Waals surface area contributed by atoms with E-state index in [0.717, 1.165) is 45.9 Å². The molecule has 0 spiro atoms. The van der Waals surface area contributed by atoms with Crippen molar-refractivity contribution in [1.29, 1.82) is 0 Å². The quantitative estimate of drug-likeness (QED) is 0.296. The molecule has 11 heteroatoms. The number of thiophene rings is 1. The van der Waals surface area contributed by atoms with Crippen LogP contribution in [-0.4, -0.2) is 45.3 Å². The number of nitrogens with one attached hydrogen (secondary N) is 1. The van der Waals surface area contributed by atoms with E-state index in [-0.39, 0.29) is 30.1 Å². The molecule has 1 atom stereocenters. The number of alkyl halides is 2. The maximum atomic E-state index is 13.3. The molecule has 2 aliphatic carbocycles.